The molecule has 1 aliphatic heterocycles. The maximum atomic E-state index is 6.32. The van der Waals surface area contributed by atoms with Crippen molar-refractivity contribution in [3.63, 3.8) is 0 Å². The smallest absolute Gasteiger partial charge is 0.133 e. The van der Waals surface area contributed by atoms with Gasteiger partial charge in [0.05, 0.1) is 18.5 Å². The zero-order chi connectivity index (χ0) is 18.1. The molecule has 0 spiro atoms. The minimum absolute atomic E-state index is 0.768. The number of nitrogens with zero attached hydrogens (tertiary/aromatic N) is 2. The molecule has 26 heavy (non-hydrogen) atoms. The van der Waals surface area contributed by atoms with Gasteiger partial charge in [-0.15, -0.1) is 0 Å². The van der Waals surface area contributed by atoms with Gasteiger partial charge in [-0.05, 0) is 61.6 Å². The topological polar surface area (TPSA) is 39.1 Å². The number of aromatic nitrogens is 2. The van der Waals surface area contributed by atoms with Crippen molar-refractivity contribution in [2.45, 2.75) is 26.2 Å². The first-order valence-electron chi connectivity index (χ1n) is 8.90. The van der Waals surface area contributed by atoms with Crippen molar-refractivity contribution < 1.29 is 4.74 Å². The van der Waals surface area contributed by atoms with Crippen LogP contribution in [-0.2, 0) is 19.3 Å². The molecule has 0 unspecified atom stereocenters. The van der Waals surface area contributed by atoms with Gasteiger partial charge < -0.3 is 10.1 Å². The lowest BCUT2D eigenvalue weighted by Crippen LogP contribution is -2.06. The Morgan fingerprint density at radius 3 is 2.73 bits per heavy atom. The Morgan fingerprint density at radius 2 is 1.96 bits per heavy atom. The van der Waals surface area contributed by atoms with Gasteiger partial charge in [0, 0.05) is 17.1 Å². The van der Waals surface area contributed by atoms with E-state index >= 15 is 0 Å². The summed E-state index contributed by atoms with van der Waals surface area (Å²) in [7, 11) is 1.69. The van der Waals surface area contributed by atoms with Crippen LogP contribution in [0.5, 0.6) is 5.75 Å². The van der Waals surface area contributed by atoms with Crippen LogP contribution in [0.4, 0.5) is 5.82 Å². The van der Waals surface area contributed by atoms with Crippen LogP contribution in [0.15, 0.2) is 42.5 Å². The van der Waals surface area contributed by atoms with E-state index in [1.165, 1.54) is 16.8 Å². The summed E-state index contributed by atoms with van der Waals surface area (Å²) in [5, 5.41) is 9.18. The average Bonchev–Trinajstić information content (AvgIpc) is 3.26. The average molecular weight is 368 g/mol. The molecule has 3 aromatic rings. The Balaban J connectivity index is 1.62. The Morgan fingerprint density at radius 1 is 1.15 bits per heavy atom. The first-order chi connectivity index (χ1) is 12.7. The van der Waals surface area contributed by atoms with Gasteiger partial charge in [-0.1, -0.05) is 29.8 Å². The van der Waals surface area contributed by atoms with Crippen molar-refractivity contribution in [2.75, 3.05) is 19.0 Å². The summed E-state index contributed by atoms with van der Waals surface area (Å²) in [6.45, 7) is 3.00. The Labute approximate surface area is 158 Å². The highest BCUT2D eigenvalue weighted by atomic mass is 35.5. The summed E-state index contributed by atoms with van der Waals surface area (Å²) >= 11 is 6.32. The van der Waals surface area contributed by atoms with Crippen LogP contribution in [0.2, 0.25) is 5.02 Å². The molecule has 1 N–H and O–H groups in total. The third-order valence-electron chi connectivity index (χ3n) is 5.01. The first kappa shape index (κ1) is 17.0. The monoisotopic (exact) mass is 367 g/mol. The molecule has 0 radical (unpaired) electrons. The molecule has 2 aromatic carbocycles. The van der Waals surface area contributed by atoms with Gasteiger partial charge in [-0.2, -0.15) is 5.10 Å². The summed E-state index contributed by atoms with van der Waals surface area (Å²) in [6, 6.07) is 14.2. The van der Waals surface area contributed by atoms with Gasteiger partial charge >= 0.3 is 0 Å². The number of hydrogen-bond acceptors (Lipinski definition) is 3. The molecule has 4 rings (SSSR count). The molecule has 0 amide bonds. The Kier molecular flexibility index (Phi) is 4.60. The van der Waals surface area contributed by atoms with E-state index in [1.807, 2.05) is 35.9 Å². The number of benzene rings is 2. The van der Waals surface area contributed by atoms with Crippen molar-refractivity contribution in [1.82, 2.24) is 9.78 Å². The van der Waals surface area contributed by atoms with Crippen molar-refractivity contribution in [2.24, 2.45) is 0 Å². The third-order valence-corrected chi connectivity index (χ3v) is 5.42. The SMILES string of the molecule is COc1ccc(CCc2nn(-c3cccc(Cl)c3C)c3c2CCN3)cc1. The number of methoxy groups -OCH3 is 1. The lowest BCUT2D eigenvalue weighted by molar-refractivity contribution is 0.414. The molecule has 0 saturated carbocycles. The lowest BCUT2D eigenvalue weighted by atomic mass is 10.1. The van der Waals surface area contributed by atoms with Crippen molar-refractivity contribution in [3.05, 3.63) is 69.9 Å². The summed E-state index contributed by atoms with van der Waals surface area (Å²) in [5.74, 6) is 2.00. The zero-order valence-corrected chi connectivity index (χ0v) is 15.8. The molecular formula is C21H22ClN3O. The molecule has 0 bridgehead atoms. The molecule has 134 valence electrons. The van der Waals surface area contributed by atoms with Crippen LogP contribution in [0.25, 0.3) is 5.69 Å². The van der Waals surface area contributed by atoms with Gasteiger partial charge in [0.15, 0.2) is 0 Å². The molecule has 1 aliphatic rings. The molecule has 0 saturated heterocycles. The highest BCUT2D eigenvalue weighted by Gasteiger charge is 2.23. The normalized spacial score (nSPS) is 12.7. The highest BCUT2D eigenvalue weighted by molar-refractivity contribution is 6.31. The first-order valence-corrected chi connectivity index (χ1v) is 9.28. The van der Waals surface area contributed by atoms with E-state index in [0.717, 1.165) is 53.6 Å². The Bertz CT molecular complexity index is 931. The van der Waals surface area contributed by atoms with Gasteiger partial charge in [0.2, 0.25) is 0 Å². The third kappa shape index (κ3) is 3.06. The summed E-state index contributed by atoms with van der Waals surface area (Å²) in [5.41, 5.74) is 5.88. The quantitative estimate of drug-likeness (QED) is 0.716. The van der Waals surface area contributed by atoms with E-state index in [0.29, 0.717) is 0 Å². The fraction of sp³-hybridized carbons (Fsp3) is 0.286. The number of halogens is 1. The van der Waals surface area contributed by atoms with Crippen LogP contribution in [0.3, 0.4) is 0 Å². The number of fused-ring (bicyclic) bond motifs is 1. The second-order valence-corrected chi connectivity index (χ2v) is 7.00. The summed E-state index contributed by atoms with van der Waals surface area (Å²) in [4.78, 5) is 0. The van der Waals surface area contributed by atoms with Crippen LogP contribution in [0, 0.1) is 6.92 Å². The number of nitrogens with one attached hydrogen (secondary N) is 1. The van der Waals surface area contributed by atoms with E-state index in [4.69, 9.17) is 21.4 Å². The van der Waals surface area contributed by atoms with Gasteiger partial charge in [0.25, 0.3) is 0 Å². The number of hydrogen-bond donors (Lipinski definition) is 1. The van der Waals surface area contributed by atoms with Crippen LogP contribution >= 0.6 is 11.6 Å². The number of aryl methyl sites for hydroxylation is 2. The van der Waals surface area contributed by atoms with Crippen molar-refractivity contribution >= 4 is 17.4 Å². The molecule has 0 fully saturated rings. The second-order valence-electron chi connectivity index (χ2n) is 6.59. The zero-order valence-electron chi connectivity index (χ0n) is 15.1. The van der Waals surface area contributed by atoms with Crippen molar-refractivity contribution in [1.29, 1.82) is 0 Å². The van der Waals surface area contributed by atoms with E-state index < -0.39 is 0 Å². The molecule has 0 aliphatic carbocycles. The maximum Gasteiger partial charge on any atom is 0.133 e. The van der Waals surface area contributed by atoms with Crippen LogP contribution < -0.4 is 10.1 Å². The van der Waals surface area contributed by atoms with Crippen LogP contribution in [0.1, 0.15) is 22.4 Å². The van der Waals surface area contributed by atoms with Gasteiger partial charge in [-0.3, -0.25) is 0 Å². The standard InChI is InChI=1S/C21H22ClN3O/c1-14-18(22)4-3-5-20(14)25-21-17(12-13-23-21)19(24-25)11-8-15-6-9-16(26-2)10-7-15/h3-7,9-10,23H,8,11-13H2,1-2H3. The van der Waals surface area contributed by atoms with E-state index in [9.17, 15) is 0 Å². The van der Waals surface area contributed by atoms with E-state index in [2.05, 4.69) is 23.5 Å². The van der Waals surface area contributed by atoms with Crippen LogP contribution in [-0.4, -0.2) is 23.4 Å². The molecular weight excluding hydrogens is 346 g/mol. The molecule has 1 aromatic heterocycles. The molecule has 2 heterocycles. The van der Waals surface area contributed by atoms with Crippen molar-refractivity contribution in [3.8, 4) is 11.4 Å². The lowest BCUT2D eigenvalue weighted by Gasteiger charge is -2.10. The summed E-state index contributed by atoms with van der Waals surface area (Å²) < 4.78 is 7.25. The minimum atomic E-state index is 0.768. The second kappa shape index (κ2) is 7.04. The Hall–Kier alpha value is -2.46. The summed E-state index contributed by atoms with van der Waals surface area (Å²) in [6.07, 6.45) is 2.90. The largest absolute Gasteiger partial charge is 0.497 e. The predicted molar refractivity (Wildman–Crippen MR) is 106 cm³/mol. The maximum absolute atomic E-state index is 6.32. The minimum Gasteiger partial charge on any atom is -0.497 e. The fourth-order valence-electron chi connectivity index (χ4n) is 3.50. The predicted octanol–water partition coefficient (Wildman–Crippen LogP) is 4.60. The van der Waals surface area contributed by atoms with Gasteiger partial charge in [-0.25, -0.2) is 4.68 Å². The number of ether oxygens (including phenoxy) is 1. The molecule has 4 nitrogen and oxygen atoms in total. The fourth-order valence-corrected chi connectivity index (χ4v) is 3.67. The number of anilines is 1. The number of rotatable bonds is 5. The highest BCUT2D eigenvalue weighted by Crippen LogP contribution is 2.32. The van der Waals surface area contributed by atoms with E-state index in [-0.39, 0.29) is 0 Å². The van der Waals surface area contributed by atoms with Gasteiger partial charge in [0.1, 0.15) is 11.6 Å². The van der Waals surface area contributed by atoms with E-state index in [1.54, 1.807) is 7.11 Å². The molecule has 0 atom stereocenters. The molecule has 5 heteroatoms.